The highest BCUT2D eigenvalue weighted by Gasteiger charge is 2.35. The first-order chi connectivity index (χ1) is 7.12. The molecule has 0 aliphatic heterocycles. The van der Waals surface area contributed by atoms with Crippen molar-refractivity contribution in [2.75, 3.05) is 0 Å². The van der Waals surface area contributed by atoms with Gasteiger partial charge in [0.1, 0.15) is 5.82 Å². The van der Waals surface area contributed by atoms with E-state index in [1.165, 1.54) is 18.9 Å². The molecule has 1 aliphatic carbocycles. The molecule has 1 atom stereocenters. The van der Waals surface area contributed by atoms with Gasteiger partial charge in [-0.25, -0.2) is 4.39 Å². The molecular formula is C13H18FN. The molecule has 1 aromatic rings. The molecule has 82 valence electrons. The van der Waals surface area contributed by atoms with Gasteiger partial charge >= 0.3 is 0 Å². The van der Waals surface area contributed by atoms with Crippen molar-refractivity contribution in [3.8, 4) is 0 Å². The third-order valence-electron chi connectivity index (χ3n) is 3.70. The summed E-state index contributed by atoms with van der Waals surface area (Å²) in [5, 5.41) is 0. The average molecular weight is 207 g/mol. The maximum absolute atomic E-state index is 13.1. The van der Waals surface area contributed by atoms with Crippen molar-refractivity contribution in [3.63, 3.8) is 0 Å². The van der Waals surface area contributed by atoms with E-state index >= 15 is 0 Å². The van der Waals surface area contributed by atoms with Crippen LogP contribution in [0.4, 0.5) is 4.39 Å². The second-order valence-electron chi connectivity index (χ2n) is 4.89. The van der Waals surface area contributed by atoms with Crippen molar-refractivity contribution in [2.45, 2.75) is 38.6 Å². The minimum atomic E-state index is -0.190. The van der Waals surface area contributed by atoms with Gasteiger partial charge in [0.05, 0.1) is 0 Å². The van der Waals surface area contributed by atoms with Gasteiger partial charge in [0.25, 0.3) is 0 Å². The van der Waals surface area contributed by atoms with Crippen molar-refractivity contribution < 1.29 is 4.39 Å². The normalized spacial score (nSPS) is 21.5. The van der Waals surface area contributed by atoms with E-state index in [9.17, 15) is 4.39 Å². The summed E-state index contributed by atoms with van der Waals surface area (Å²) in [4.78, 5) is 0. The van der Waals surface area contributed by atoms with E-state index in [0.717, 1.165) is 18.4 Å². The van der Waals surface area contributed by atoms with Crippen LogP contribution in [-0.4, -0.2) is 0 Å². The van der Waals surface area contributed by atoms with Crippen LogP contribution in [0.1, 0.15) is 44.2 Å². The van der Waals surface area contributed by atoms with Crippen LogP contribution in [0.3, 0.4) is 0 Å². The molecule has 0 spiro atoms. The van der Waals surface area contributed by atoms with Gasteiger partial charge in [-0.15, -0.1) is 0 Å². The van der Waals surface area contributed by atoms with Gasteiger partial charge in [-0.05, 0) is 36.0 Å². The van der Waals surface area contributed by atoms with Gasteiger partial charge in [-0.3, -0.25) is 0 Å². The molecule has 1 saturated carbocycles. The van der Waals surface area contributed by atoms with Gasteiger partial charge in [-0.2, -0.15) is 0 Å². The predicted molar refractivity (Wildman–Crippen MR) is 59.9 cm³/mol. The Hall–Kier alpha value is -0.890. The second kappa shape index (κ2) is 3.93. The number of hydrogen-bond donors (Lipinski definition) is 1. The van der Waals surface area contributed by atoms with E-state index < -0.39 is 0 Å². The van der Waals surface area contributed by atoms with Crippen LogP contribution >= 0.6 is 0 Å². The van der Waals surface area contributed by atoms with Gasteiger partial charge < -0.3 is 5.73 Å². The van der Waals surface area contributed by atoms with E-state index in [1.54, 1.807) is 12.1 Å². The Bertz CT molecular complexity index is 342. The van der Waals surface area contributed by atoms with Crippen LogP contribution in [0.15, 0.2) is 24.3 Å². The summed E-state index contributed by atoms with van der Waals surface area (Å²) < 4.78 is 13.1. The lowest BCUT2D eigenvalue weighted by molar-refractivity contribution is 0.265. The second-order valence-corrected chi connectivity index (χ2v) is 4.89. The van der Waals surface area contributed by atoms with Crippen molar-refractivity contribution in [1.82, 2.24) is 0 Å². The topological polar surface area (TPSA) is 26.0 Å². The zero-order valence-corrected chi connectivity index (χ0v) is 9.17. The smallest absolute Gasteiger partial charge is 0.123 e. The molecule has 1 nitrogen and oxygen atoms in total. The molecule has 0 bridgehead atoms. The van der Waals surface area contributed by atoms with Crippen molar-refractivity contribution in [1.29, 1.82) is 0 Å². The molecule has 0 aromatic heterocycles. The first-order valence-corrected chi connectivity index (χ1v) is 5.63. The maximum Gasteiger partial charge on any atom is 0.123 e. The fraction of sp³-hybridized carbons (Fsp3) is 0.538. The highest BCUT2D eigenvalue weighted by atomic mass is 19.1. The highest BCUT2D eigenvalue weighted by Crippen LogP contribution is 2.45. The zero-order valence-electron chi connectivity index (χ0n) is 9.17. The lowest BCUT2D eigenvalue weighted by Crippen LogP contribution is -2.29. The summed E-state index contributed by atoms with van der Waals surface area (Å²) in [6.07, 6.45) is 4.81. The molecule has 0 saturated heterocycles. The Morgan fingerprint density at radius 3 is 2.60 bits per heavy atom. The fourth-order valence-corrected chi connectivity index (χ4v) is 2.60. The molecule has 1 aromatic carbocycles. The van der Waals surface area contributed by atoms with Crippen LogP contribution in [0, 0.1) is 11.2 Å². The SMILES string of the molecule is CC1(C(N)c2cccc(F)c2)CCCC1. The van der Waals surface area contributed by atoms with Crippen molar-refractivity contribution >= 4 is 0 Å². The number of rotatable bonds is 2. The summed E-state index contributed by atoms with van der Waals surface area (Å²) in [5.41, 5.74) is 7.33. The standard InChI is InChI=1S/C13H18FN/c1-13(7-2-3-8-13)12(15)10-5-4-6-11(14)9-10/h4-6,9,12H,2-3,7-8,15H2,1H3. The van der Waals surface area contributed by atoms with Crippen LogP contribution in [0.2, 0.25) is 0 Å². The van der Waals surface area contributed by atoms with E-state index in [-0.39, 0.29) is 17.3 Å². The van der Waals surface area contributed by atoms with Crippen LogP contribution in [0.25, 0.3) is 0 Å². The van der Waals surface area contributed by atoms with E-state index in [1.807, 2.05) is 6.07 Å². The molecule has 0 heterocycles. The van der Waals surface area contributed by atoms with E-state index in [0.29, 0.717) is 0 Å². The summed E-state index contributed by atoms with van der Waals surface area (Å²) in [6.45, 7) is 2.22. The molecule has 0 amide bonds. The molecule has 1 fully saturated rings. The molecule has 2 rings (SSSR count). The van der Waals surface area contributed by atoms with Crippen molar-refractivity contribution in [2.24, 2.45) is 11.1 Å². The number of benzene rings is 1. The summed E-state index contributed by atoms with van der Waals surface area (Å²) in [7, 11) is 0. The monoisotopic (exact) mass is 207 g/mol. The Labute approximate surface area is 90.5 Å². The molecular weight excluding hydrogens is 189 g/mol. The molecule has 2 N–H and O–H groups in total. The molecule has 0 radical (unpaired) electrons. The minimum Gasteiger partial charge on any atom is -0.323 e. The average Bonchev–Trinajstić information content (AvgIpc) is 2.65. The summed E-state index contributed by atoms with van der Waals surface area (Å²) in [6, 6.07) is 6.66. The van der Waals surface area contributed by atoms with Crippen LogP contribution in [-0.2, 0) is 0 Å². The van der Waals surface area contributed by atoms with Crippen LogP contribution in [0.5, 0.6) is 0 Å². The lowest BCUT2D eigenvalue weighted by atomic mass is 9.78. The summed E-state index contributed by atoms with van der Waals surface area (Å²) in [5.74, 6) is -0.190. The van der Waals surface area contributed by atoms with Gasteiger partial charge in [0, 0.05) is 6.04 Å². The van der Waals surface area contributed by atoms with Crippen LogP contribution < -0.4 is 5.73 Å². The number of nitrogens with two attached hydrogens (primary N) is 1. The molecule has 15 heavy (non-hydrogen) atoms. The lowest BCUT2D eigenvalue weighted by Gasteiger charge is -2.31. The Morgan fingerprint density at radius 1 is 1.33 bits per heavy atom. The van der Waals surface area contributed by atoms with Crippen molar-refractivity contribution in [3.05, 3.63) is 35.6 Å². The van der Waals surface area contributed by atoms with E-state index in [2.05, 4.69) is 6.92 Å². The third kappa shape index (κ3) is 2.05. The molecule has 1 aliphatic rings. The quantitative estimate of drug-likeness (QED) is 0.790. The Morgan fingerprint density at radius 2 is 2.00 bits per heavy atom. The Kier molecular flexibility index (Phi) is 2.79. The van der Waals surface area contributed by atoms with E-state index in [4.69, 9.17) is 5.73 Å². The van der Waals surface area contributed by atoms with Gasteiger partial charge in [-0.1, -0.05) is 31.9 Å². The first kappa shape index (κ1) is 10.6. The van der Waals surface area contributed by atoms with Gasteiger partial charge in [0.15, 0.2) is 0 Å². The predicted octanol–water partition coefficient (Wildman–Crippen LogP) is 3.41. The first-order valence-electron chi connectivity index (χ1n) is 5.63. The Balaban J connectivity index is 2.23. The largest absolute Gasteiger partial charge is 0.323 e. The maximum atomic E-state index is 13.1. The molecule has 1 unspecified atom stereocenters. The third-order valence-corrected chi connectivity index (χ3v) is 3.70. The number of hydrogen-bond acceptors (Lipinski definition) is 1. The molecule has 2 heteroatoms. The highest BCUT2D eigenvalue weighted by molar-refractivity contribution is 5.22. The van der Waals surface area contributed by atoms with Gasteiger partial charge in [0.2, 0.25) is 0 Å². The fourth-order valence-electron chi connectivity index (χ4n) is 2.60. The zero-order chi connectivity index (χ0) is 10.9. The summed E-state index contributed by atoms with van der Waals surface area (Å²) >= 11 is 0. The number of halogens is 1. The minimum absolute atomic E-state index is 0.0318.